The monoisotopic (exact) mass is 331 g/mol. The molecule has 2 rings (SSSR count). The molecule has 0 aliphatic carbocycles. The minimum absolute atomic E-state index is 0.0671. The van der Waals surface area contributed by atoms with Gasteiger partial charge in [0.1, 0.15) is 0 Å². The van der Waals surface area contributed by atoms with Gasteiger partial charge in [-0.2, -0.15) is 0 Å². The van der Waals surface area contributed by atoms with Gasteiger partial charge in [0.2, 0.25) is 0 Å². The lowest BCUT2D eigenvalue weighted by Gasteiger charge is -2.20. The molecule has 4 nitrogen and oxygen atoms in total. The zero-order valence-electron chi connectivity index (χ0n) is 13.8. The number of sulfone groups is 1. The zero-order chi connectivity index (χ0) is 17.2. The molecule has 5 heteroatoms. The van der Waals surface area contributed by atoms with E-state index < -0.39 is 9.84 Å². The fourth-order valence-electron chi connectivity index (χ4n) is 2.52. The Bertz CT molecular complexity index is 841. The van der Waals surface area contributed by atoms with Crippen molar-refractivity contribution in [3.63, 3.8) is 0 Å². The van der Waals surface area contributed by atoms with E-state index in [4.69, 9.17) is 0 Å². The van der Waals surface area contributed by atoms with Crippen LogP contribution in [-0.4, -0.2) is 32.5 Å². The van der Waals surface area contributed by atoms with Crippen LogP contribution in [0.2, 0.25) is 0 Å². The van der Waals surface area contributed by atoms with Crippen LogP contribution in [0.25, 0.3) is 0 Å². The predicted molar refractivity (Wildman–Crippen MR) is 91.3 cm³/mol. The summed E-state index contributed by atoms with van der Waals surface area (Å²) in [6.45, 7) is 4.46. The van der Waals surface area contributed by atoms with Crippen molar-refractivity contribution in [2.45, 2.75) is 25.3 Å². The SMILES string of the molecule is Cc1ccc(CN(C)C(=O)c2ccccc2S(C)(=O)=O)c(C)c1. The van der Waals surface area contributed by atoms with Crippen LogP contribution in [-0.2, 0) is 16.4 Å². The van der Waals surface area contributed by atoms with Gasteiger partial charge in [0.15, 0.2) is 9.84 Å². The fourth-order valence-corrected chi connectivity index (χ4v) is 3.40. The molecule has 0 heterocycles. The number of hydrogen-bond donors (Lipinski definition) is 0. The lowest BCUT2D eigenvalue weighted by Crippen LogP contribution is -2.28. The number of carbonyl (C=O) groups is 1. The first-order valence-electron chi connectivity index (χ1n) is 7.31. The van der Waals surface area contributed by atoms with Crippen molar-refractivity contribution in [3.05, 3.63) is 64.7 Å². The molecule has 122 valence electrons. The lowest BCUT2D eigenvalue weighted by atomic mass is 10.1. The normalized spacial score (nSPS) is 11.3. The predicted octanol–water partition coefficient (Wildman–Crippen LogP) is 2.98. The largest absolute Gasteiger partial charge is 0.337 e. The van der Waals surface area contributed by atoms with E-state index in [1.54, 1.807) is 30.1 Å². The minimum Gasteiger partial charge on any atom is -0.337 e. The van der Waals surface area contributed by atoms with Gasteiger partial charge in [-0.25, -0.2) is 8.42 Å². The molecule has 0 aliphatic heterocycles. The van der Waals surface area contributed by atoms with E-state index in [2.05, 4.69) is 6.07 Å². The summed E-state index contributed by atoms with van der Waals surface area (Å²) in [6, 6.07) is 12.4. The van der Waals surface area contributed by atoms with Crippen LogP contribution >= 0.6 is 0 Å². The van der Waals surface area contributed by atoms with E-state index in [0.29, 0.717) is 6.54 Å². The quantitative estimate of drug-likeness (QED) is 0.865. The first kappa shape index (κ1) is 17.2. The number of carbonyl (C=O) groups excluding carboxylic acids is 1. The summed E-state index contributed by atoms with van der Waals surface area (Å²) in [6.07, 6.45) is 1.11. The molecule has 0 radical (unpaired) electrons. The molecule has 0 saturated heterocycles. The van der Waals surface area contributed by atoms with Crippen LogP contribution in [0.3, 0.4) is 0 Å². The Morgan fingerprint density at radius 3 is 2.35 bits per heavy atom. The maximum Gasteiger partial charge on any atom is 0.255 e. The van der Waals surface area contributed by atoms with Crippen molar-refractivity contribution in [2.24, 2.45) is 0 Å². The van der Waals surface area contributed by atoms with Crippen molar-refractivity contribution < 1.29 is 13.2 Å². The maximum absolute atomic E-state index is 12.7. The van der Waals surface area contributed by atoms with Crippen LogP contribution in [0.4, 0.5) is 0 Å². The maximum atomic E-state index is 12.7. The van der Waals surface area contributed by atoms with Crippen LogP contribution in [0.15, 0.2) is 47.4 Å². The Labute approximate surface area is 137 Å². The fraction of sp³-hybridized carbons (Fsp3) is 0.278. The number of amides is 1. The second-order valence-corrected chi connectivity index (χ2v) is 7.84. The molecule has 0 atom stereocenters. The van der Waals surface area contributed by atoms with Crippen molar-refractivity contribution >= 4 is 15.7 Å². The Hall–Kier alpha value is -2.14. The molecule has 0 fully saturated rings. The number of aryl methyl sites for hydroxylation is 2. The van der Waals surface area contributed by atoms with Crippen LogP contribution < -0.4 is 0 Å². The molecule has 0 bridgehead atoms. The summed E-state index contributed by atoms with van der Waals surface area (Å²) in [5.74, 6) is -0.300. The van der Waals surface area contributed by atoms with Crippen LogP contribution in [0.1, 0.15) is 27.0 Å². The lowest BCUT2D eigenvalue weighted by molar-refractivity contribution is 0.0781. The van der Waals surface area contributed by atoms with Crippen molar-refractivity contribution in [1.29, 1.82) is 0 Å². The Kier molecular flexibility index (Phi) is 4.90. The highest BCUT2D eigenvalue weighted by atomic mass is 32.2. The van der Waals surface area contributed by atoms with E-state index in [1.807, 2.05) is 26.0 Å². The van der Waals surface area contributed by atoms with Gasteiger partial charge in [0.05, 0.1) is 10.5 Å². The minimum atomic E-state index is -3.45. The van der Waals surface area contributed by atoms with Crippen LogP contribution in [0.5, 0.6) is 0 Å². The molecule has 2 aromatic carbocycles. The van der Waals surface area contributed by atoms with Gasteiger partial charge in [-0.15, -0.1) is 0 Å². The third kappa shape index (κ3) is 3.99. The summed E-state index contributed by atoms with van der Waals surface area (Å²) in [5, 5.41) is 0. The molecule has 0 spiro atoms. The highest BCUT2D eigenvalue weighted by Gasteiger charge is 2.21. The average Bonchev–Trinajstić information content (AvgIpc) is 2.48. The molecule has 0 aliphatic rings. The van der Waals surface area contributed by atoms with E-state index in [0.717, 1.165) is 17.4 Å². The third-order valence-electron chi connectivity index (χ3n) is 3.77. The van der Waals surface area contributed by atoms with Gasteiger partial charge in [-0.1, -0.05) is 35.9 Å². The second-order valence-electron chi connectivity index (χ2n) is 5.86. The first-order valence-corrected chi connectivity index (χ1v) is 9.20. The first-order chi connectivity index (χ1) is 10.7. The summed E-state index contributed by atoms with van der Waals surface area (Å²) in [5.41, 5.74) is 3.54. The summed E-state index contributed by atoms with van der Waals surface area (Å²) in [4.78, 5) is 14.3. The molecule has 0 saturated carbocycles. The Balaban J connectivity index is 2.31. The second kappa shape index (κ2) is 6.54. The van der Waals surface area contributed by atoms with E-state index in [-0.39, 0.29) is 16.4 Å². The van der Waals surface area contributed by atoms with Crippen molar-refractivity contribution in [3.8, 4) is 0 Å². The number of nitrogens with zero attached hydrogens (tertiary/aromatic N) is 1. The summed E-state index contributed by atoms with van der Waals surface area (Å²) < 4.78 is 23.7. The highest BCUT2D eigenvalue weighted by Crippen LogP contribution is 2.19. The topological polar surface area (TPSA) is 54.5 Å². The standard InChI is InChI=1S/C18H21NO3S/c1-13-9-10-15(14(2)11-13)12-19(3)18(20)16-7-5-6-8-17(16)23(4,21)22/h5-11H,12H2,1-4H3. The van der Waals surface area contributed by atoms with Gasteiger partial charge in [-0.05, 0) is 37.1 Å². The summed E-state index contributed by atoms with van der Waals surface area (Å²) >= 11 is 0. The van der Waals surface area contributed by atoms with E-state index in [1.165, 1.54) is 11.6 Å². The molecule has 2 aromatic rings. The smallest absolute Gasteiger partial charge is 0.255 e. The van der Waals surface area contributed by atoms with Crippen LogP contribution in [0, 0.1) is 13.8 Å². The average molecular weight is 331 g/mol. The van der Waals surface area contributed by atoms with Crippen molar-refractivity contribution in [1.82, 2.24) is 4.90 Å². The number of hydrogen-bond acceptors (Lipinski definition) is 3. The van der Waals surface area contributed by atoms with E-state index >= 15 is 0 Å². The molecular formula is C18H21NO3S. The van der Waals surface area contributed by atoms with Gasteiger partial charge in [0, 0.05) is 19.8 Å². The number of rotatable bonds is 4. The third-order valence-corrected chi connectivity index (χ3v) is 4.92. The molecule has 23 heavy (non-hydrogen) atoms. The Morgan fingerprint density at radius 1 is 1.09 bits per heavy atom. The molecule has 0 aromatic heterocycles. The highest BCUT2D eigenvalue weighted by molar-refractivity contribution is 7.90. The van der Waals surface area contributed by atoms with Crippen molar-refractivity contribution in [2.75, 3.05) is 13.3 Å². The molecule has 0 unspecified atom stereocenters. The Morgan fingerprint density at radius 2 is 1.74 bits per heavy atom. The van der Waals surface area contributed by atoms with Gasteiger partial charge < -0.3 is 4.90 Å². The van der Waals surface area contributed by atoms with Gasteiger partial charge in [-0.3, -0.25) is 4.79 Å². The van der Waals surface area contributed by atoms with E-state index in [9.17, 15) is 13.2 Å². The zero-order valence-corrected chi connectivity index (χ0v) is 14.6. The van der Waals surface area contributed by atoms with Gasteiger partial charge >= 0.3 is 0 Å². The number of benzene rings is 2. The summed E-state index contributed by atoms with van der Waals surface area (Å²) in [7, 11) is -1.76. The molecular weight excluding hydrogens is 310 g/mol. The molecule has 0 N–H and O–H groups in total. The molecule has 1 amide bonds. The van der Waals surface area contributed by atoms with Gasteiger partial charge in [0.25, 0.3) is 5.91 Å².